The summed E-state index contributed by atoms with van der Waals surface area (Å²) >= 11 is 0. The van der Waals surface area contributed by atoms with Gasteiger partial charge in [-0.1, -0.05) is 18.2 Å². The molecule has 1 saturated heterocycles. The first-order valence-electron chi connectivity index (χ1n) is 6.89. The fourth-order valence-electron chi connectivity index (χ4n) is 3.08. The number of carbonyl (C=O) groups is 1. The maximum atomic E-state index is 12.1. The fourth-order valence-corrected chi connectivity index (χ4v) is 3.08. The first-order valence-corrected chi connectivity index (χ1v) is 6.89. The Morgan fingerprint density at radius 1 is 1.26 bits per heavy atom. The molecule has 2 fully saturated rings. The van der Waals surface area contributed by atoms with Crippen LogP contribution in [0.5, 0.6) is 0 Å². The Kier molecular flexibility index (Phi) is 3.19. The second-order valence-corrected chi connectivity index (χ2v) is 5.60. The lowest BCUT2D eigenvalue weighted by Crippen LogP contribution is -2.39. The number of aliphatic hydroxyl groups is 1. The average Bonchev–Trinajstić information content (AvgIpc) is 2.77. The summed E-state index contributed by atoms with van der Waals surface area (Å²) in [5.74, 6) is 0.370. The summed E-state index contributed by atoms with van der Waals surface area (Å²) in [4.78, 5) is 13.8. The zero-order valence-electron chi connectivity index (χ0n) is 10.9. The quantitative estimate of drug-likeness (QED) is 0.890. The molecule has 1 aromatic rings. The molecule has 2 aliphatic rings. The highest BCUT2D eigenvalue weighted by molar-refractivity contribution is 5.90. The van der Waals surface area contributed by atoms with E-state index in [9.17, 15) is 9.90 Å². The molecule has 19 heavy (non-hydrogen) atoms. The van der Waals surface area contributed by atoms with Gasteiger partial charge in [-0.2, -0.15) is 0 Å². The fraction of sp³-hybridized carbons (Fsp3) is 0.533. The number of ether oxygens (including phenoxy) is 1. The van der Waals surface area contributed by atoms with E-state index in [0.717, 1.165) is 31.4 Å². The van der Waals surface area contributed by atoms with Gasteiger partial charge in [0, 0.05) is 12.3 Å². The minimum atomic E-state index is -0.335. The molecule has 0 unspecified atom stereocenters. The van der Waals surface area contributed by atoms with Gasteiger partial charge in [0.2, 0.25) is 0 Å². The molecular weight excluding hydrogens is 242 g/mol. The minimum absolute atomic E-state index is 0.242. The molecule has 1 amide bonds. The van der Waals surface area contributed by atoms with Crippen LogP contribution in [-0.2, 0) is 4.74 Å². The average molecular weight is 261 g/mol. The van der Waals surface area contributed by atoms with Gasteiger partial charge in [-0.15, -0.1) is 0 Å². The first-order chi connectivity index (χ1) is 9.22. The van der Waals surface area contributed by atoms with Crippen molar-refractivity contribution in [3.8, 4) is 0 Å². The molecule has 0 aromatic heterocycles. The van der Waals surface area contributed by atoms with Gasteiger partial charge < -0.3 is 9.84 Å². The van der Waals surface area contributed by atoms with Crippen LogP contribution in [0, 0.1) is 5.92 Å². The van der Waals surface area contributed by atoms with E-state index in [-0.39, 0.29) is 18.3 Å². The Labute approximate surface area is 113 Å². The van der Waals surface area contributed by atoms with Gasteiger partial charge in [-0.25, -0.2) is 4.79 Å². The smallest absolute Gasteiger partial charge is 0.415 e. The highest BCUT2D eigenvalue weighted by Crippen LogP contribution is 2.40. The van der Waals surface area contributed by atoms with Crippen LogP contribution in [0.2, 0.25) is 0 Å². The maximum absolute atomic E-state index is 12.1. The molecule has 3 rings (SSSR count). The normalized spacial score (nSPS) is 30.7. The molecule has 0 atom stereocenters. The number of hydrogen-bond donors (Lipinski definition) is 1. The van der Waals surface area contributed by atoms with E-state index in [1.807, 2.05) is 30.3 Å². The second-order valence-electron chi connectivity index (χ2n) is 5.60. The van der Waals surface area contributed by atoms with Gasteiger partial charge in [0.25, 0.3) is 0 Å². The predicted molar refractivity (Wildman–Crippen MR) is 72.0 cm³/mol. The first kappa shape index (κ1) is 12.5. The summed E-state index contributed by atoms with van der Waals surface area (Å²) in [6, 6.07) is 9.65. The van der Waals surface area contributed by atoms with Gasteiger partial charge in [0.15, 0.2) is 0 Å². The maximum Gasteiger partial charge on any atom is 0.415 e. The molecule has 1 spiro atoms. The van der Waals surface area contributed by atoms with Crippen LogP contribution >= 0.6 is 0 Å². The number of anilines is 1. The molecular formula is C15H19NO3. The number of benzene rings is 1. The summed E-state index contributed by atoms with van der Waals surface area (Å²) in [6.45, 7) is 0.875. The van der Waals surface area contributed by atoms with Crippen LogP contribution in [0.15, 0.2) is 30.3 Å². The molecule has 1 N–H and O–H groups in total. The number of aliphatic hydroxyl groups excluding tert-OH is 1. The Balaban J connectivity index is 1.74. The largest absolute Gasteiger partial charge is 0.441 e. The number of para-hydroxylation sites is 1. The third kappa shape index (κ3) is 2.32. The molecule has 0 bridgehead atoms. The topological polar surface area (TPSA) is 49.8 Å². The van der Waals surface area contributed by atoms with E-state index < -0.39 is 0 Å². The molecule has 1 aliphatic heterocycles. The van der Waals surface area contributed by atoms with Gasteiger partial charge in [0.05, 0.1) is 6.54 Å². The molecule has 0 radical (unpaired) electrons. The molecule has 1 heterocycles. The molecule has 1 aliphatic carbocycles. The predicted octanol–water partition coefficient (Wildman–Crippen LogP) is 2.56. The zero-order valence-corrected chi connectivity index (χ0v) is 10.9. The molecule has 1 aromatic carbocycles. The van der Waals surface area contributed by atoms with Crippen LogP contribution in [-0.4, -0.2) is 30.0 Å². The zero-order chi connectivity index (χ0) is 13.3. The summed E-state index contributed by atoms with van der Waals surface area (Å²) in [6.07, 6.45) is 3.34. The minimum Gasteiger partial charge on any atom is -0.441 e. The molecule has 4 nitrogen and oxygen atoms in total. The van der Waals surface area contributed by atoms with E-state index >= 15 is 0 Å². The van der Waals surface area contributed by atoms with Crippen LogP contribution in [0.1, 0.15) is 25.7 Å². The van der Waals surface area contributed by atoms with Crippen molar-refractivity contribution in [2.45, 2.75) is 31.3 Å². The van der Waals surface area contributed by atoms with Crippen LogP contribution < -0.4 is 4.90 Å². The van der Waals surface area contributed by atoms with E-state index in [1.165, 1.54) is 0 Å². The summed E-state index contributed by atoms with van der Waals surface area (Å²) < 4.78 is 5.66. The summed E-state index contributed by atoms with van der Waals surface area (Å²) in [5, 5.41) is 9.19. The summed E-state index contributed by atoms with van der Waals surface area (Å²) in [7, 11) is 0. The van der Waals surface area contributed by atoms with Crippen molar-refractivity contribution in [3.63, 3.8) is 0 Å². The van der Waals surface area contributed by atoms with Crippen LogP contribution in [0.25, 0.3) is 0 Å². The van der Waals surface area contributed by atoms with Gasteiger partial charge in [-0.3, -0.25) is 4.90 Å². The van der Waals surface area contributed by atoms with Gasteiger partial charge >= 0.3 is 6.09 Å². The van der Waals surface area contributed by atoms with Crippen LogP contribution in [0.3, 0.4) is 0 Å². The van der Waals surface area contributed by atoms with E-state index in [0.29, 0.717) is 12.5 Å². The Morgan fingerprint density at radius 2 is 1.95 bits per heavy atom. The van der Waals surface area contributed by atoms with Crippen molar-refractivity contribution in [2.24, 2.45) is 5.92 Å². The van der Waals surface area contributed by atoms with Gasteiger partial charge in [0.1, 0.15) is 5.60 Å². The van der Waals surface area contributed by atoms with Crippen molar-refractivity contribution in [3.05, 3.63) is 30.3 Å². The lowest BCUT2D eigenvalue weighted by atomic mass is 9.79. The van der Waals surface area contributed by atoms with E-state index in [4.69, 9.17) is 4.74 Å². The van der Waals surface area contributed by atoms with Crippen molar-refractivity contribution >= 4 is 11.8 Å². The van der Waals surface area contributed by atoms with Crippen molar-refractivity contribution < 1.29 is 14.6 Å². The second kappa shape index (κ2) is 4.85. The third-order valence-electron chi connectivity index (χ3n) is 4.31. The highest BCUT2D eigenvalue weighted by atomic mass is 16.6. The van der Waals surface area contributed by atoms with Crippen molar-refractivity contribution in [2.75, 3.05) is 18.1 Å². The summed E-state index contributed by atoms with van der Waals surface area (Å²) in [5.41, 5.74) is 0.562. The van der Waals surface area contributed by atoms with Crippen molar-refractivity contribution in [1.82, 2.24) is 0 Å². The molecule has 102 valence electrons. The van der Waals surface area contributed by atoms with Crippen molar-refractivity contribution in [1.29, 1.82) is 0 Å². The lowest BCUT2D eigenvalue weighted by molar-refractivity contribution is 0.00558. The van der Waals surface area contributed by atoms with Crippen LogP contribution in [0.4, 0.5) is 10.5 Å². The molecule has 4 heteroatoms. The Bertz CT molecular complexity index is 452. The Morgan fingerprint density at radius 3 is 2.58 bits per heavy atom. The SMILES string of the molecule is O=C1OC2(CCC(CO)CC2)CN1c1ccccc1. The Hall–Kier alpha value is -1.55. The lowest BCUT2D eigenvalue weighted by Gasteiger charge is -2.34. The highest BCUT2D eigenvalue weighted by Gasteiger charge is 2.47. The molecule has 1 saturated carbocycles. The van der Waals surface area contributed by atoms with Gasteiger partial charge in [-0.05, 0) is 43.7 Å². The number of nitrogens with zero attached hydrogens (tertiary/aromatic N) is 1. The number of amides is 1. The number of carbonyl (C=O) groups excluding carboxylic acids is 1. The van der Waals surface area contributed by atoms with E-state index in [2.05, 4.69) is 0 Å². The monoisotopic (exact) mass is 261 g/mol. The standard InChI is InChI=1S/C15H19NO3/c17-10-12-6-8-15(9-7-12)11-16(14(18)19-15)13-4-2-1-3-5-13/h1-5,12,17H,6-11H2. The van der Waals surface area contributed by atoms with E-state index in [1.54, 1.807) is 4.90 Å². The third-order valence-corrected chi connectivity index (χ3v) is 4.31. The number of hydrogen-bond acceptors (Lipinski definition) is 3. The number of rotatable bonds is 2.